The lowest BCUT2D eigenvalue weighted by molar-refractivity contribution is -0.140. The molecule has 0 aliphatic carbocycles. The van der Waals surface area contributed by atoms with Crippen molar-refractivity contribution in [1.29, 1.82) is 0 Å². The van der Waals surface area contributed by atoms with E-state index in [-0.39, 0.29) is 47.7 Å². The first-order valence-electron chi connectivity index (χ1n) is 15.4. The molecular formula is C36H38FN3O6S. The van der Waals surface area contributed by atoms with E-state index in [1.165, 1.54) is 35.2 Å². The zero-order valence-electron chi connectivity index (χ0n) is 26.3. The average Bonchev–Trinajstić information content (AvgIpc) is 3.08. The SMILES string of the molecule is CC(C)CNC(=O)[C@H](Cc1ccccc1)N(Cc1ccccc1)C(=O)CN(c1ccc(F)cc1)S(=O)(=O)c1ccc2c(c1)OCCO2. The number of nitrogens with zero attached hydrogens (tertiary/aromatic N) is 2. The second kappa shape index (κ2) is 15.1. The number of benzene rings is 4. The number of carbonyl (C=O) groups excluding carboxylic acids is 2. The molecule has 9 nitrogen and oxygen atoms in total. The van der Waals surface area contributed by atoms with Gasteiger partial charge in [-0.3, -0.25) is 13.9 Å². The Morgan fingerprint density at radius 1 is 0.830 bits per heavy atom. The van der Waals surface area contributed by atoms with Gasteiger partial charge in [0.15, 0.2) is 11.5 Å². The van der Waals surface area contributed by atoms with Crippen molar-refractivity contribution >= 4 is 27.5 Å². The van der Waals surface area contributed by atoms with Crippen LogP contribution in [0, 0.1) is 11.7 Å². The molecule has 246 valence electrons. The van der Waals surface area contributed by atoms with Crippen LogP contribution in [0.25, 0.3) is 0 Å². The van der Waals surface area contributed by atoms with Crippen molar-refractivity contribution in [2.75, 3.05) is 30.6 Å². The Morgan fingerprint density at radius 2 is 1.45 bits per heavy atom. The second-order valence-corrected chi connectivity index (χ2v) is 13.5. The maximum atomic E-state index is 14.5. The lowest BCUT2D eigenvalue weighted by Crippen LogP contribution is -2.53. The molecule has 11 heteroatoms. The van der Waals surface area contributed by atoms with E-state index in [0.29, 0.717) is 18.9 Å². The molecule has 1 heterocycles. The van der Waals surface area contributed by atoms with E-state index in [1.54, 1.807) is 0 Å². The number of hydrogen-bond donors (Lipinski definition) is 1. The lowest BCUT2D eigenvalue weighted by Gasteiger charge is -2.34. The number of halogens is 1. The minimum Gasteiger partial charge on any atom is -0.486 e. The van der Waals surface area contributed by atoms with Gasteiger partial charge in [-0.15, -0.1) is 0 Å². The molecule has 1 aliphatic heterocycles. The van der Waals surface area contributed by atoms with Gasteiger partial charge in [-0.25, -0.2) is 12.8 Å². The fraction of sp³-hybridized carbons (Fsp3) is 0.278. The summed E-state index contributed by atoms with van der Waals surface area (Å²) < 4.78 is 54.7. The second-order valence-electron chi connectivity index (χ2n) is 11.6. The highest BCUT2D eigenvalue weighted by molar-refractivity contribution is 7.92. The van der Waals surface area contributed by atoms with Crippen LogP contribution < -0.4 is 19.1 Å². The summed E-state index contributed by atoms with van der Waals surface area (Å²) in [6.07, 6.45) is 0.203. The molecule has 0 radical (unpaired) electrons. The molecule has 0 saturated heterocycles. The monoisotopic (exact) mass is 659 g/mol. The number of fused-ring (bicyclic) bond motifs is 1. The third kappa shape index (κ3) is 8.48. The average molecular weight is 660 g/mol. The molecule has 2 amide bonds. The zero-order valence-corrected chi connectivity index (χ0v) is 27.2. The Hall–Kier alpha value is -4.90. The summed E-state index contributed by atoms with van der Waals surface area (Å²) in [5, 5.41) is 2.97. The number of ether oxygens (including phenoxy) is 2. The van der Waals surface area contributed by atoms with Crippen molar-refractivity contribution in [1.82, 2.24) is 10.2 Å². The molecule has 1 N–H and O–H groups in total. The molecule has 0 spiro atoms. The smallest absolute Gasteiger partial charge is 0.264 e. The van der Waals surface area contributed by atoms with Gasteiger partial charge in [0.05, 0.1) is 10.6 Å². The maximum Gasteiger partial charge on any atom is 0.264 e. The molecule has 1 aliphatic rings. The van der Waals surface area contributed by atoms with Crippen LogP contribution in [0.3, 0.4) is 0 Å². The van der Waals surface area contributed by atoms with Crippen molar-refractivity contribution in [2.45, 2.75) is 37.8 Å². The number of sulfonamides is 1. The summed E-state index contributed by atoms with van der Waals surface area (Å²) in [4.78, 5) is 29.6. The Bertz CT molecular complexity index is 1770. The quantitative estimate of drug-likeness (QED) is 0.212. The Kier molecular flexibility index (Phi) is 10.8. The fourth-order valence-electron chi connectivity index (χ4n) is 5.20. The van der Waals surface area contributed by atoms with E-state index in [0.717, 1.165) is 27.6 Å². The van der Waals surface area contributed by atoms with Gasteiger partial charge in [0, 0.05) is 25.6 Å². The predicted octanol–water partition coefficient (Wildman–Crippen LogP) is 5.20. The van der Waals surface area contributed by atoms with Gasteiger partial charge in [-0.05, 0) is 53.4 Å². The summed E-state index contributed by atoms with van der Waals surface area (Å²) in [7, 11) is -4.40. The number of hydrogen-bond acceptors (Lipinski definition) is 6. The molecule has 5 rings (SSSR count). The van der Waals surface area contributed by atoms with Gasteiger partial charge < -0.3 is 19.7 Å². The predicted molar refractivity (Wildman–Crippen MR) is 177 cm³/mol. The number of amides is 2. The van der Waals surface area contributed by atoms with Crippen LogP contribution in [-0.4, -0.2) is 57.5 Å². The highest BCUT2D eigenvalue weighted by Gasteiger charge is 2.35. The van der Waals surface area contributed by atoms with E-state index in [9.17, 15) is 22.4 Å². The van der Waals surface area contributed by atoms with Gasteiger partial charge in [0.2, 0.25) is 11.8 Å². The Morgan fingerprint density at radius 3 is 2.09 bits per heavy atom. The van der Waals surface area contributed by atoms with E-state index in [2.05, 4.69) is 5.32 Å². The number of rotatable bonds is 13. The highest BCUT2D eigenvalue weighted by Crippen LogP contribution is 2.34. The van der Waals surface area contributed by atoms with E-state index >= 15 is 0 Å². The summed E-state index contributed by atoms with van der Waals surface area (Å²) in [5.74, 6) is -0.690. The van der Waals surface area contributed by atoms with Crippen molar-refractivity contribution in [3.05, 3.63) is 120 Å². The van der Waals surface area contributed by atoms with Crippen LogP contribution in [0.2, 0.25) is 0 Å². The van der Waals surface area contributed by atoms with Crippen molar-refractivity contribution in [3.63, 3.8) is 0 Å². The first-order chi connectivity index (χ1) is 22.6. The molecule has 4 aromatic carbocycles. The van der Waals surface area contributed by atoms with Crippen molar-refractivity contribution in [2.24, 2.45) is 5.92 Å². The van der Waals surface area contributed by atoms with Gasteiger partial charge in [-0.1, -0.05) is 74.5 Å². The van der Waals surface area contributed by atoms with Gasteiger partial charge >= 0.3 is 0 Å². The minimum atomic E-state index is -4.40. The Balaban J connectivity index is 1.55. The van der Waals surface area contributed by atoms with Crippen LogP contribution in [0.4, 0.5) is 10.1 Å². The molecular weight excluding hydrogens is 621 g/mol. The molecule has 47 heavy (non-hydrogen) atoms. The first kappa shape index (κ1) is 33.5. The number of anilines is 1. The van der Waals surface area contributed by atoms with Gasteiger partial charge in [-0.2, -0.15) is 0 Å². The van der Waals surface area contributed by atoms with Crippen LogP contribution in [0.15, 0.2) is 108 Å². The fourth-order valence-corrected chi connectivity index (χ4v) is 6.63. The minimum absolute atomic E-state index is 0.0492. The topological polar surface area (TPSA) is 105 Å². The zero-order chi connectivity index (χ0) is 33.4. The molecule has 0 aromatic heterocycles. The summed E-state index contributed by atoms with van der Waals surface area (Å²) in [6, 6.07) is 26.7. The maximum absolute atomic E-state index is 14.5. The number of carbonyl (C=O) groups is 2. The lowest BCUT2D eigenvalue weighted by atomic mass is 10.0. The van der Waals surface area contributed by atoms with Crippen molar-refractivity contribution in [3.8, 4) is 11.5 Å². The summed E-state index contributed by atoms with van der Waals surface area (Å²) >= 11 is 0. The molecule has 0 saturated carbocycles. The van der Waals surface area contributed by atoms with Crippen LogP contribution in [-0.2, 0) is 32.6 Å². The molecule has 4 aromatic rings. The van der Waals surface area contributed by atoms with Crippen LogP contribution >= 0.6 is 0 Å². The summed E-state index contributed by atoms with van der Waals surface area (Å²) in [5.41, 5.74) is 1.68. The Labute approximate surface area is 275 Å². The first-order valence-corrected chi connectivity index (χ1v) is 16.9. The van der Waals surface area contributed by atoms with E-state index in [1.807, 2.05) is 74.5 Å². The van der Waals surface area contributed by atoms with Crippen molar-refractivity contribution < 1.29 is 31.9 Å². The third-order valence-electron chi connectivity index (χ3n) is 7.65. The largest absolute Gasteiger partial charge is 0.486 e. The molecule has 0 unspecified atom stereocenters. The van der Waals surface area contributed by atoms with Gasteiger partial charge in [0.25, 0.3) is 10.0 Å². The number of nitrogens with one attached hydrogen (secondary N) is 1. The molecule has 0 fully saturated rings. The van der Waals surface area contributed by atoms with E-state index in [4.69, 9.17) is 9.47 Å². The summed E-state index contributed by atoms with van der Waals surface area (Å²) in [6.45, 7) is 4.34. The molecule has 0 bridgehead atoms. The highest BCUT2D eigenvalue weighted by atomic mass is 32.2. The third-order valence-corrected chi connectivity index (χ3v) is 9.42. The van der Waals surface area contributed by atoms with Crippen LogP contribution in [0.5, 0.6) is 11.5 Å². The standard InChI is InChI=1S/C36H38FN3O6S/c1-26(2)23-38-36(42)32(21-27-9-5-3-6-10-27)39(24-28-11-7-4-8-12-28)35(41)25-40(30-15-13-29(37)14-16-30)47(43,44)31-17-18-33-34(22-31)46-20-19-45-33/h3-18,22,26,32H,19-21,23-25H2,1-2H3,(H,38,42)/t32-/m0/s1. The van der Waals surface area contributed by atoms with Crippen LogP contribution in [0.1, 0.15) is 25.0 Å². The van der Waals surface area contributed by atoms with E-state index < -0.39 is 34.3 Å². The van der Waals surface area contributed by atoms with Gasteiger partial charge in [0.1, 0.15) is 31.6 Å². The molecule has 1 atom stereocenters. The normalized spacial score (nSPS) is 13.1.